The van der Waals surface area contributed by atoms with Gasteiger partial charge in [-0.2, -0.15) is 5.10 Å². The van der Waals surface area contributed by atoms with E-state index in [9.17, 15) is 4.79 Å². The summed E-state index contributed by atoms with van der Waals surface area (Å²) in [4.78, 5) is 12.2. The Labute approximate surface area is 118 Å². The normalized spacial score (nSPS) is 11.9. The van der Waals surface area contributed by atoms with Gasteiger partial charge in [0.2, 0.25) is 0 Å². The van der Waals surface area contributed by atoms with E-state index in [1.807, 2.05) is 39.2 Å². The highest BCUT2D eigenvalue weighted by atomic mass is 16.5. The van der Waals surface area contributed by atoms with Gasteiger partial charge in [-0.25, -0.2) is 0 Å². The highest BCUT2D eigenvalue weighted by Gasteiger charge is 2.13. The van der Waals surface area contributed by atoms with Crippen LogP contribution in [0.25, 0.3) is 0 Å². The van der Waals surface area contributed by atoms with Crippen molar-refractivity contribution in [1.29, 1.82) is 0 Å². The molecule has 2 rings (SSSR count). The quantitative estimate of drug-likeness (QED) is 0.909. The Bertz CT molecular complexity index is 592. The van der Waals surface area contributed by atoms with Crippen LogP contribution in [-0.4, -0.2) is 22.3 Å². The van der Waals surface area contributed by atoms with Crippen molar-refractivity contribution in [2.75, 3.05) is 6.61 Å². The molecule has 0 aliphatic heterocycles. The fourth-order valence-corrected chi connectivity index (χ4v) is 1.92. The SMILES string of the molecule is CCOc1cccc(C(=O)NC(C)c2cnn(C)c2)c1. The van der Waals surface area contributed by atoms with Crippen molar-refractivity contribution in [1.82, 2.24) is 15.1 Å². The molecule has 1 unspecified atom stereocenters. The molecule has 0 aliphatic carbocycles. The van der Waals surface area contributed by atoms with Crippen molar-refractivity contribution in [2.45, 2.75) is 19.9 Å². The summed E-state index contributed by atoms with van der Waals surface area (Å²) in [5.41, 5.74) is 1.56. The summed E-state index contributed by atoms with van der Waals surface area (Å²) < 4.78 is 7.11. The first-order valence-electron chi connectivity index (χ1n) is 6.62. The Kier molecular flexibility index (Phi) is 4.40. The van der Waals surface area contributed by atoms with Crippen LogP contribution >= 0.6 is 0 Å². The first-order valence-corrected chi connectivity index (χ1v) is 6.62. The Hall–Kier alpha value is -2.30. The maximum Gasteiger partial charge on any atom is 0.251 e. The number of benzene rings is 1. The largest absolute Gasteiger partial charge is 0.494 e. The molecule has 1 heterocycles. The van der Waals surface area contributed by atoms with Crippen molar-refractivity contribution >= 4 is 5.91 Å². The molecular weight excluding hydrogens is 254 g/mol. The fourth-order valence-electron chi connectivity index (χ4n) is 1.92. The maximum absolute atomic E-state index is 12.2. The topological polar surface area (TPSA) is 56.1 Å². The summed E-state index contributed by atoms with van der Waals surface area (Å²) in [6, 6.07) is 7.08. The van der Waals surface area contributed by atoms with Gasteiger partial charge in [-0.15, -0.1) is 0 Å². The van der Waals surface area contributed by atoms with Gasteiger partial charge < -0.3 is 10.1 Å². The minimum Gasteiger partial charge on any atom is -0.494 e. The predicted molar refractivity (Wildman–Crippen MR) is 76.7 cm³/mol. The number of carbonyl (C=O) groups excluding carboxylic acids is 1. The van der Waals surface area contributed by atoms with E-state index in [0.717, 1.165) is 5.56 Å². The predicted octanol–water partition coefficient (Wildman–Crippen LogP) is 2.31. The number of ether oxygens (including phenoxy) is 1. The second-order valence-corrected chi connectivity index (χ2v) is 4.60. The number of rotatable bonds is 5. The molecule has 0 saturated heterocycles. The number of aryl methyl sites for hydroxylation is 1. The zero-order valence-corrected chi connectivity index (χ0v) is 12.0. The molecule has 0 fully saturated rings. The number of hydrogen-bond acceptors (Lipinski definition) is 3. The van der Waals surface area contributed by atoms with Gasteiger partial charge in [0.1, 0.15) is 5.75 Å². The fraction of sp³-hybridized carbons (Fsp3) is 0.333. The Morgan fingerprint density at radius 3 is 2.95 bits per heavy atom. The zero-order valence-electron chi connectivity index (χ0n) is 12.0. The summed E-state index contributed by atoms with van der Waals surface area (Å²) in [6.45, 7) is 4.43. The van der Waals surface area contributed by atoms with Gasteiger partial charge >= 0.3 is 0 Å². The third kappa shape index (κ3) is 3.38. The van der Waals surface area contributed by atoms with E-state index in [4.69, 9.17) is 4.74 Å². The van der Waals surface area contributed by atoms with E-state index in [0.29, 0.717) is 17.9 Å². The van der Waals surface area contributed by atoms with Crippen LogP contribution in [0.15, 0.2) is 36.7 Å². The highest BCUT2D eigenvalue weighted by molar-refractivity contribution is 5.94. The van der Waals surface area contributed by atoms with Crippen molar-refractivity contribution in [3.05, 3.63) is 47.8 Å². The van der Waals surface area contributed by atoms with Gasteiger partial charge in [0, 0.05) is 24.4 Å². The summed E-state index contributed by atoms with van der Waals surface area (Å²) in [5.74, 6) is 0.581. The number of amides is 1. The van der Waals surface area contributed by atoms with Crippen LogP contribution in [0.3, 0.4) is 0 Å². The Balaban J connectivity index is 2.06. The molecular formula is C15H19N3O2. The number of nitrogens with zero attached hydrogens (tertiary/aromatic N) is 2. The lowest BCUT2D eigenvalue weighted by molar-refractivity contribution is 0.0939. The van der Waals surface area contributed by atoms with Crippen LogP contribution in [-0.2, 0) is 7.05 Å². The maximum atomic E-state index is 12.2. The summed E-state index contributed by atoms with van der Waals surface area (Å²) in [6.07, 6.45) is 3.64. The van der Waals surface area contributed by atoms with Gasteiger partial charge in [-0.3, -0.25) is 9.48 Å². The molecule has 1 N–H and O–H groups in total. The molecule has 0 bridgehead atoms. The van der Waals surface area contributed by atoms with E-state index in [-0.39, 0.29) is 11.9 Å². The van der Waals surface area contributed by atoms with Crippen LogP contribution < -0.4 is 10.1 Å². The van der Waals surface area contributed by atoms with Gasteiger partial charge in [0.25, 0.3) is 5.91 Å². The minimum absolute atomic E-state index is 0.0908. The molecule has 20 heavy (non-hydrogen) atoms. The van der Waals surface area contributed by atoms with Crippen molar-refractivity contribution < 1.29 is 9.53 Å². The van der Waals surface area contributed by atoms with Gasteiger partial charge in [-0.1, -0.05) is 6.07 Å². The number of nitrogens with one attached hydrogen (secondary N) is 1. The van der Waals surface area contributed by atoms with E-state index < -0.39 is 0 Å². The van der Waals surface area contributed by atoms with Gasteiger partial charge in [-0.05, 0) is 32.0 Å². The monoisotopic (exact) mass is 273 g/mol. The first kappa shape index (κ1) is 14.1. The number of aromatic nitrogens is 2. The lowest BCUT2D eigenvalue weighted by Gasteiger charge is -2.12. The van der Waals surface area contributed by atoms with Crippen LogP contribution in [0.1, 0.15) is 35.8 Å². The molecule has 2 aromatic rings. The molecule has 0 spiro atoms. The minimum atomic E-state index is -0.122. The van der Waals surface area contributed by atoms with Crippen LogP contribution in [0.2, 0.25) is 0 Å². The highest BCUT2D eigenvalue weighted by Crippen LogP contribution is 2.15. The smallest absolute Gasteiger partial charge is 0.251 e. The lowest BCUT2D eigenvalue weighted by Crippen LogP contribution is -2.26. The molecule has 0 saturated carbocycles. The lowest BCUT2D eigenvalue weighted by atomic mass is 10.1. The molecule has 5 nitrogen and oxygen atoms in total. The van der Waals surface area contributed by atoms with Gasteiger partial charge in [0.05, 0.1) is 18.8 Å². The first-order chi connectivity index (χ1) is 9.60. The standard InChI is InChI=1S/C15H19N3O2/c1-4-20-14-7-5-6-12(8-14)15(19)17-11(2)13-9-16-18(3)10-13/h5-11H,4H2,1-3H3,(H,17,19). The third-order valence-electron chi connectivity index (χ3n) is 2.98. The van der Waals surface area contributed by atoms with Crippen molar-refractivity contribution in [3.63, 3.8) is 0 Å². The van der Waals surface area contributed by atoms with E-state index >= 15 is 0 Å². The molecule has 1 amide bonds. The average Bonchev–Trinajstić information content (AvgIpc) is 2.86. The van der Waals surface area contributed by atoms with Crippen LogP contribution in [0.5, 0.6) is 5.75 Å². The Morgan fingerprint density at radius 1 is 1.50 bits per heavy atom. The van der Waals surface area contributed by atoms with Crippen molar-refractivity contribution in [2.24, 2.45) is 7.05 Å². The molecule has 1 atom stereocenters. The van der Waals surface area contributed by atoms with Crippen LogP contribution in [0.4, 0.5) is 0 Å². The van der Waals surface area contributed by atoms with Gasteiger partial charge in [0.15, 0.2) is 0 Å². The number of carbonyl (C=O) groups is 1. The molecule has 1 aromatic heterocycles. The van der Waals surface area contributed by atoms with Crippen LogP contribution in [0, 0.1) is 0 Å². The summed E-state index contributed by atoms with van der Waals surface area (Å²) >= 11 is 0. The van der Waals surface area contributed by atoms with Crippen molar-refractivity contribution in [3.8, 4) is 5.75 Å². The molecule has 5 heteroatoms. The summed E-state index contributed by atoms with van der Waals surface area (Å²) in [5, 5.41) is 7.05. The molecule has 0 aliphatic rings. The van der Waals surface area contributed by atoms with E-state index in [1.165, 1.54) is 0 Å². The molecule has 1 aromatic carbocycles. The molecule has 106 valence electrons. The second-order valence-electron chi connectivity index (χ2n) is 4.60. The van der Waals surface area contributed by atoms with E-state index in [1.54, 1.807) is 23.0 Å². The summed E-state index contributed by atoms with van der Waals surface area (Å²) in [7, 11) is 1.85. The third-order valence-corrected chi connectivity index (χ3v) is 2.98. The Morgan fingerprint density at radius 2 is 2.30 bits per heavy atom. The molecule has 0 radical (unpaired) electrons. The second kappa shape index (κ2) is 6.23. The van der Waals surface area contributed by atoms with E-state index in [2.05, 4.69) is 10.4 Å². The zero-order chi connectivity index (χ0) is 14.5. The average molecular weight is 273 g/mol. The number of hydrogen-bond donors (Lipinski definition) is 1.